The predicted molar refractivity (Wildman–Crippen MR) is 79.5 cm³/mol. The molecular weight excluding hydrogens is 331 g/mol. The molecular formula is C15H13BrClFO. The zero-order valence-electron chi connectivity index (χ0n) is 10.6. The third kappa shape index (κ3) is 3.10. The molecule has 0 amide bonds. The fourth-order valence-corrected chi connectivity index (χ4v) is 2.51. The van der Waals surface area contributed by atoms with Crippen molar-refractivity contribution in [3.63, 3.8) is 0 Å². The summed E-state index contributed by atoms with van der Waals surface area (Å²) in [7, 11) is 1.50. The van der Waals surface area contributed by atoms with Crippen molar-refractivity contribution < 1.29 is 9.13 Å². The molecule has 0 saturated carbocycles. The Hall–Kier alpha value is -1.06. The van der Waals surface area contributed by atoms with Gasteiger partial charge in [-0.1, -0.05) is 29.8 Å². The van der Waals surface area contributed by atoms with Gasteiger partial charge in [0.05, 0.1) is 17.0 Å². The maximum absolute atomic E-state index is 13.5. The summed E-state index contributed by atoms with van der Waals surface area (Å²) < 4.78 is 19.1. The molecule has 1 nitrogen and oxygen atoms in total. The molecule has 1 unspecified atom stereocenters. The highest BCUT2D eigenvalue weighted by Crippen LogP contribution is 2.37. The van der Waals surface area contributed by atoms with E-state index in [0.717, 1.165) is 11.1 Å². The van der Waals surface area contributed by atoms with Gasteiger partial charge in [-0.05, 0) is 34.5 Å². The summed E-state index contributed by atoms with van der Waals surface area (Å²) in [6, 6.07) is 10.9. The normalized spacial score (nSPS) is 12.3. The van der Waals surface area contributed by atoms with Gasteiger partial charge in [0.25, 0.3) is 0 Å². The summed E-state index contributed by atoms with van der Waals surface area (Å²) in [4.78, 5) is 0. The predicted octanol–water partition coefficient (Wildman–Crippen LogP) is 5.23. The summed E-state index contributed by atoms with van der Waals surface area (Å²) in [5, 5.41) is -0.382. The van der Waals surface area contributed by atoms with Crippen molar-refractivity contribution in [3.05, 3.63) is 63.4 Å². The van der Waals surface area contributed by atoms with E-state index in [-0.39, 0.29) is 11.2 Å². The number of rotatable bonds is 3. The fourth-order valence-electron chi connectivity index (χ4n) is 1.83. The van der Waals surface area contributed by atoms with E-state index in [9.17, 15) is 4.39 Å². The van der Waals surface area contributed by atoms with Gasteiger partial charge in [-0.3, -0.25) is 0 Å². The Balaban J connectivity index is 2.45. The largest absolute Gasteiger partial charge is 0.496 e. The zero-order valence-corrected chi connectivity index (χ0v) is 12.9. The molecule has 0 aliphatic rings. The smallest absolute Gasteiger partial charge is 0.141 e. The van der Waals surface area contributed by atoms with Crippen molar-refractivity contribution in [2.75, 3.05) is 7.11 Å². The van der Waals surface area contributed by atoms with Gasteiger partial charge in [-0.25, -0.2) is 4.39 Å². The molecule has 0 heterocycles. The fraction of sp³-hybridized carbons (Fsp3) is 0.200. The monoisotopic (exact) mass is 342 g/mol. The highest BCUT2D eigenvalue weighted by molar-refractivity contribution is 9.10. The van der Waals surface area contributed by atoms with Crippen molar-refractivity contribution in [2.45, 2.75) is 12.3 Å². The molecule has 2 aromatic rings. The first kappa shape index (κ1) is 14.4. The number of benzene rings is 2. The van der Waals surface area contributed by atoms with E-state index in [0.29, 0.717) is 10.2 Å². The van der Waals surface area contributed by atoms with Crippen LogP contribution in [-0.4, -0.2) is 7.11 Å². The summed E-state index contributed by atoms with van der Waals surface area (Å²) in [5.74, 6) is 0.0784. The van der Waals surface area contributed by atoms with Crippen LogP contribution in [0.1, 0.15) is 22.1 Å². The Morgan fingerprint density at radius 3 is 2.42 bits per heavy atom. The molecule has 0 N–H and O–H groups in total. The van der Waals surface area contributed by atoms with Crippen molar-refractivity contribution in [3.8, 4) is 5.75 Å². The first-order valence-electron chi connectivity index (χ1n) is 5.76. The van der Waals surface area contributed by atoms with Crippen molar-refractivity contribution in [1.82, 2.24) is 0 Å². The molecule has 0 aliphatic heterocycles. The second-order valence-electron chi connectivity index (χ2n) is 4.28. The van der Waals surface area contributed by atoms with Crippen LogP contribution in [0.15, 0.2) is 40.9 Å². The third-order valence-corrected chi connectivity index (χ3v) is 4.01. The van der Waals surface area contributed by atoms with Crippen LogP contribution in [0.5, 0.6) is 5.75 Å². The highest BCUT2D eigenvalue weighted by Gasteiger charge is 2.18. The van der Waals surface area contributed by atoms with Crippen LogP contribution in [0.4, 0.5) is 4.39 Å². The Labute approximate surface area is 125 Å². The van der Waals surface area contributed by atoms with Crippen LogP contribution in [-0.2, 0) is 0 Å². The third-order valence-electron chi connectivity index (χ3n) is 2.92. The number of alkyl halides is 1. The first-order chi connectivity index (χ1) is 9.02. The molecule has 0 saturated heterocycles. The van der Waals surface area contributed by atoms with E-state index in [1.807, 2.05) is 31.2 Å². The van der Waals surface area contributed by atoms with Crippen LogP contribution in [0.3, 0.4) is 0 Å². The minimum Gasteiger partial charge on any atom is -0.496 e. The topological polar surface area (TPSA) is 9.23 Å². The van der Waals surface area contributed by atoms with Gasteiger partial charge >= 0.3 is 0 Å². The van der Waals surface area contributed by atoms with Gasteiger partial charge in [0.15, 0.2) is 0 Å². The average Bonchev–Trinajstić information content (AvgIpc) is 2.41. The molecule has 0 aliphatic carbocycles. The molecule has 100 valence electrons. The molecule has 2 rings (SSSR count). The van der Waals surface area contributed by atoms with Gasteiger partial charge in [-0.15, -0.1) is 11.6 Å². The van der Waals surface area contributed by atoms with Gasteiger partial charge in [0.2, 0.25) is 0 Å². The number of aryl methyl sites for hydroxylation is 1. The Morgan fingerprint density at radius 2 is 1.84 bits per heavy atom. The lowest BCUT2D eigenvalue weighted by Crippen LogP contribution is -1.99. The van der Waals surface area contributed by atoms with Gasteiger partial charge in [0.1, 0.15) is 11.6 Å². The van der Waals surface area contributed by atoms with Crippen LogP contribution in [0.25, 0.3) is 0 Å². The molecule has 0 spiro atoms. The second kappa shape index (κ2) is 5.93. The maximum Gasteiger partial charge on any atom is 0.141 e. The van der Waals surface area contributed by atoms with Gasteiger partial charge in [0, 0.05) is 11.6 Å². The number of ether oxygens (including phenoxy) is 1. The van der Waals surface area contributed by atoms with E-state index in [1.54, 1.807) is 6.07 Å². The van der Waals surface area contributed by atoms with Crippen LogP contribution in [0, 0.1) is 12.7 Å². The molecule has 2 aromatic carbocycles. The molecule has 19 heavy (non-hydrogen) atoms. The molecule has 4 heteroatoms. The minimum absolute atomic E-state index is 0.367. The number of methoxy groups -OCH3 is 1. The van der Waals surface area contributed by atoms with E-state index in [2.05, 4.69) is 15.9 Å². The molecule has 1 atom stereocenters. The summed E-state index contributed by atoms with van der Waals surface area (Å²) in [6.45, 7) is 2.02. The Bertz CT molecular complexity index is 583. The lowest BCUT2D eigenvalue weighted by Gasteiger charge is -2.15. The zero-order chi connectivity index (χ0) is 14.0. The molecule has 0 fully saturated rings. The van der Waals surface area contributed by atoms with Crippen LogP contribution >= 0.6 is 27.5 Å². The standard InChI is InChI=1S/C15H13BrClFO/c1-9-3-5-10(6-4-9)15(17)11-7-12(16)13(18)8-14(11)19-2/h3-8,15H,1-2H3. The Kier molecular flexibility index (Phi) is 4.48. The van der Waals surface area contributed by atoms with E-state index in [4.69, 9.17) is 16.3 Å². The number of hydrogen-bond acceptors (Lipinski definition) is 1. The lowest BCUT2D eigenvalue weighted by molar-refractivity contribution is 0.406. The van der Waals surface area contributed by atoms with Gasteiger partial charge < -0.3 is 4.74 Å². The quantitative estimate of drug-likeness (QED) is 0.693. The highest BCUT2D eigenvalue weighted by atomic mass is 79.9. The maximum atomic E-state index is 13.5. The SMILES string of the molecule is COc1cc(F)c(Br)cc1C(Cl)c1ccc(C)cc1. The van der Waals surface area contributed by atoms with E-state index >= 15 is 0 Å². The average molecular weight is 344 g/mol. The van der Waals surface area contributed by atoms with Crippen LogP contribution in [0.2, 0.25) is 0 Å². The molecule has 0 aromatic heterocycles. The van der Waals surface area contributed by atoms with E-state index < -0.39 is 0 Å². The number of halogens is 3. The van der Waals surface area contributed by atoms with Crippen molar-refractivity contribution >= 4 is 27.5 Å². The summed E-state index contributed by atoms with van der Waals surface area (Å²) in [6.07, 6.45) is 0. The Morgan fingerprint density at radius 1 is 1.21 bits per heavy atom. The summed E-state index contributed by atoms with van der Waals surface area (Å²) >= 11 is 9.64. The lowest BCUT2D eigenvalue weighted by atomic mass is 10.0. The van der Waals surface area contributed by atoms with Gasteiger partial charge in [-0.2, -0.15) is 0 Å². The van der Waals surface area contributed by atoms with Crippen molar-refractivity contribution in [1.29, 1.82) is 0 Å². The molecule has 0 radical (unpaired) electrons. The van der Waals surface area contributed by atoms with Crippen LogP contribution < -0.4 is 4.74 Å². The first-order valence-corrected chi connectivity index (χ1v) is 6.99. The summed E-state index contributed by atoms with van der Waals surface area (Å²) in [5.41, 5.74) is 2.85. The second-order valence-corrected chi connectivity index (χ2v) is 5.57. The minimum atomic E-state index is -0.382. The van der Waals surface area contributed by atoms with E-state index in [1.165, 1.54) is 18.7 Å². The van der Waals surface area contributed by atoms with Crippen molar-refractivity contribution in [2.24, 2.45) is 0 Å². The molecule has 0 bridgehead atoms. The number of hydrogen-bond donors (Lipinski definition) is 0.